The second kappa shape index (κ2) is 4.53. The Labute approximate surface area is 106 Å². The third-order valence-corrected chi connectivity index (χ3v) is 3.62. The third-order valence-electron chi connectivity index (χ3n) is 3.62. The Hall–Kier alpha value is -1.68. The number of hydrogen-bond donors (Lipinski definition) is 1. The Kier molecular flexibility index (Phi) is 2.88. The molecule has 3 rings (SSSR count). The minimum Gasteiger partial charge on any atom is -0.308 e. The van der Waals surface area contributed by atoms with Crippen LogP contribution in [0.4, 0.5) is 0 Å². The van der Waals surface area contributed by atoms with E-state index in [4.69, 9.17) is 0 Å². The summed E-state index contributed by atoms with van der Waals surface area (Å²) in [5.41, 5.74) is 1.53. The van der Waals surface area contributed by atoms with E-state index in [1.165, 1.54) is 12.8 Å². The molecule has 2 atom stereocenters. The van der Waals surface area contributed by atoms with Crippen molar-refractivity contribution < 1.29 is 0 Å². The van der Waals surface area contributed by atoms with Gasteiger partial charge in [0.2, 0.25) is 0 Å². The Morgan fingerprint density at radius 1 is 1.50 bits per heavy atom. The first-order valence-corrected chi connectivity index (χ1v) is 6.48. The van der Waals surface area contributed by atoms with Crippen LogP contribution < -0.4 is 10.9 Å². The summed E-state index contributed by atoms with van der Waals surface area (Å²) in [6.07, 6.45) is 4.23. The highest BCUT2D eigenvalue weighted by molar-refractivity contribution is 5.37. The average molecular weight is 243 g/mol. The molecule has 4 nitrogen and oxygen atoms in total. The van der Waals surface area contributed by atoms with Gasteiger partial charge in [0, 0.05) is 24.8 Å². The van der Waals surface area contributed by atoms with Crippen LogP contribution in [0.5, 0.6) is 0 Å². The molecule has 4 heteroatoms. The summed E-state index contributed by atoms with van der Waals surface area (Å²) in [5, 5.41) is 3.46. The van der Waals surface area contributed by atoms with E-state index in [1.54, 1.807) is 16.7 Å². The summed E-state index contributed by atoms with van der Waals surface area (Å²) in [7, 11) is 0. The largest absolute Gasteiger partial charge is 0.308 e. The number of nitrogens with zero attached hydrogens (tertiary/aromatic N) is 2. The number of fused-ring (bicyclic) bond motifs is 1. The molecule has 2 unspecified atom stereocenters. The van der Waals surface area contributed by atoms with Crippen molar-refractivity contribution in [3.05, 3.63) is 46.5 Å². The molecule has 1 N–H and O–H groups in total. The summed E-state index contributed by atoms with van der Waals surface area (Å²) < 4.78 is 1.56. The predicted octanol–water partition coefficient (Wildman–Crippen LogP) is 1.58. The van der Waals surface area contributed by atoms with Gasteiger partial charge < -0.3 is 5.32 Å². The molecule has 0 aliphatic heterocycles. The van der Waals surface area contributed by atoms with Crippen molar-refractivity contribution in [2.45, 2.75) is 32.4 Å². The normalized spacial score (nSPS) is 22.3. The molecule has 0 radical (unpaired) electrons. The first-order chi connectivity index (χ1) is 8.78. The Morgan fingerprint density at radius 2 is 2.39 bits per heavy atom. The van der Waals surface area contributed by atoms with Crippen LogP contribution in [0.3, 0.4) is 0 Å². The molecule has 0 bridgehead atoms. The van der Waals surface area contributed by atoms with Gasteiger partial charge in [0.1, 0.15) is 5.65 Å². The second-order valence-electron chi connectivity index (χ2n) is 4.91. The minimum atomic E-state index is -0.0137. The molecule has 0 aromatic carbocycles. The quantitative estimate of drug-likeness (QED) is 0.887. The summed E-state index contributed by atoms with van der Waals surface area (Å²) in [6, 6.07) is 7.82. The van der Waals surface area contributed by atoms with Gasteiger partial charge in [0.25, 0.3) is 5.56 Å². The van der Waals surface area contributed by atoms with Gasteiger partial charge in [-0.05, 0) is 24.5 Å². The fourth-order valence-electron chi connectivity index (χ4n) is 2.38. The highest BCUT2D eigenvalue weighted by atomic mass is 16.1. The molecule has 94 valence electrons. The Bertz CT molecular complexity index is 620. The van der Waals surface area contributed by atoms with Crippen molar-refractivity contribution in [2.24, 2.45) is 5.92 Å². The molecule has 2 heterocycles. The Balaban J connectivity index is 1.78. The van der Waals surface area contributed by atoms with Gasteiger partial charge in [0.15, 0.2) is 0 Å². The van der Waals surface area contributed by atoms with Crippen LogP contribution in [0.2, 0.25) is 0 Å². The van der Waals surface area contributed by atoms with Gasteiger partial charge in [-0.3, -0.25) is 9.20 Å². The van der Waals surface area contributed by atoms with Gasteiger partial charge in [0.05, 0.1) is 5.69 Å². The van der Waals surface area contributed by atoms with Gasteiger partial charge in [-0.15, -0.1) is 0 Å². The lowest BCUT2D eigenvalue weighted by atomic mass is 10.3. The SMILES string of the molecule is CCC1CC1NCc1cc(=O)n2ccccc2n1. The maximum atomic E-state index is 11.9. The van der Waals surface area contributed by atoms with Crippen LogP contribution in [-0.4, -0.2) is 15.4 Å². The molecule has 1 fully saturated rings. The first kappa shape index (κ1) is 11.4. The predicted molar refractivity (Wildman–Crippen MR) is 70.5 cm³/mol. The van der Waals surface area contributed by atoms with Gasteiger partial charge in [-0.2, -0.15) is 0 Å². The van der Waals surface area contributed by atoms with Crippen molar-refractivity contribution in [3.63, 3.8) is 0 Å². The maximum absolute atomic E-state index is 11.9. The zero-order valence-electron chi connectivity index (χ0n) is 10.5. The molecule has 1 saturated carbocycles. The Morgan fingerprint density at radius 3 is 3.17 bits per heavy atom. The molecule has 18 heavy (non-hydrogen) atoms. The van der Waals surface area contributed by atoms with Crippen molar-refractivity contribution in [1.29, 1.82) is 0 Å². The van der Waals surface area contributed by atoms with E-state index in [1.807, 2.05) is 18.2 Å². The standard InChI is InChI=1S/C14H17N3O/c1-2-10-7-12(10)15-9-11-8-14(18)17-6-4-3-5-13(17)16-11/h3-6,8,10,12,15H,2,7,9H2,1H3. The van der Waals surface area contributed by atoms with E-state index in [2.05, 4.69) is 17.2 Å². The van der Waals surface area contributed by atoms with E-state index >= 15 is 0 Å². The van der Waals surface area contributed by atoms with Crippen molar-refractivity contribution in [3.8, 4) is 0 Å². The lowest BCUT2D eigenvalue weighted by Crippen LogP contribution is -2.22. The van der Waals surface area contributed by atoms with E-state index in [9.17, 15) is 4.79 Å². The smallest absolute Gasteiger partial charge is 0.258 e. The number of nitrogens with one attached hydrogen (secondary N) is 1. The van der Waals surface area contributed by atoms with Gasteiger partial charge in [-0.25, -0.2) is 4.98 Å². The summed E-state index contributed by atoms with van der Waals surface area (Å²) >= 11 is 0. The molecule has 1 aliphatic rings. The molecule has 1 aliphatic carbocycles. The second-order valence-corrected chi connectivity index (χ2v) is 4.91. The number of pyridine rings is 1. The monoisotopic (exact) mass is 243 g/mol. The van der Waals surface area contributed by atoms with E-state index in [0.717, 1.165) is 11.6 Å². The molecule has 0 saturated heterocycles. The number of rotatable bonds is 4. The highest BCUT2D eigenvalue weighted by Gasteiger charge is 2.34. The molecular formula is C14H17N3O. The number of aromatic nitrogens is 2. The lowest BCUT2D eigenvalue weighted by Gasteiger charge is -2.05. The van der Waals surface area contributed by atoms with Crippen LogP contribution in [0.1, 0.15) is 25.5 Å². The van der Waals surface area contributed by atoms with Gasteiger partial charge in [-0.1, -0.05) is 19.4 Å². The van der Waals surface area contributed by atoms with E-state index in [-0.39, 0.29) is 5.56 Å². The molecule has 2 aromatic rings. The van der Waals surface area contributed by atoms with E-state index < -0.39 is 0 Å². The summed E-state index contributed by atoms with van der Waals surface area (Å²) in [5.74, 6) is 0.812. The van der Waals surface area contributed by atoms with Crippen LogP contribution in [0.25, 0.3) is 5.65 Å². The molecule has 0 spiro atoms. The highest BCUT2D eigenvalue weighted by Crippen LogP contribution is 2.33. The zero-order chi connectivity index (χ0) is 12.5. The first-order valence-electron chi connectivity index (χ1n) is 6.48. The fourth-order valence-corrected chi connectivity index (χ4v) is 2.38. The topological polar surface area (TPSA) is 46.4 Å². The molecule has 0 amide bonds. The fraction of sp³-hybridized carbons (Fsp3) is 0.429. The third kappa shape index (κ3) is 2.16. The van der Waals surface area contributed by atoms with Crippen LogP contribution in [-0.2, 0) is 6.54 Å². The van der Waals surface area contributed by atoms with Crippen molar-refractivity contribution in [2.75, 3.05) is 0 Å². The minimum absolute atomic E-state index is 0.0137. The molecular weight excluding hydrogens is 226 g/mol. The molecule has 2 aromatic heterocycles. The lowest BCUT2D eigenvalue weighted by molar-refractivity contribution is 0.615. The van der Waals surface area contributed by atoms with Crippen molar-refractivity contribution in [1.82, 2.24) is 14.7 Å². The number of hydrogen-bond acceptors (Lipinski definition) is 3. The average Bonchev–Trinajstić information content (AvgIpc) is 3.15. The zero-order valence-corrected chi connectivity index (χ0v) is 10.5. The van der Waals surface area contributed by atoms with Gasteiger partial charge >= 0.3 is 0 Å². The van der Waals surface area contributed by atoms with Crippen LogP contribution >= 0.6 is 0 Å². The van der Waals surface area contributed by atoms with Crippen LogP contribution in [0, 0.1) is 5.92 Å². The van der Waals surface area contributed by atoms with E-state index in [0.29, 0.717) is 18.2 Å². The summed E-state index contributed by atoms with van der Waals surface area (Å²) in [4.78, 5) is 16.4. The van der Waals surface area contributed by atoms with Crippen LogP contribution in [0.15, 0.2) is 35.3 Å². The maximum Gasteiger partial charge on any atom is 0.258 e. The van der Waals surface area contributed by atoms with Crippen molar-refractivity contribution >= 4 is 5.65 Å². The summed E-state index contributed by atoms with van der Waals surface area (Å²) in [6.45, 7) is 2.90.